The van der Waals surface area contributed by atoms with E-state index in [1.54, 1.807) is 0 Å². The van der Waals surface area contributed by atoms with Gasteiger partial charge in [0.2, 0.25) is 0 Å². The van der Waals surface area contributed by atoms with E-state index in [1.165, 1.54) is 0 Å². The van der Waals surface area contributed by atoms with Crippen molar-refractivity contribution in [3.8, 4) is 0 Å². The van der Waals surface area contributed by atoms with Crippen LogP contribution in [0.1, 0.15) is 33.6 Å². The molecule has 0 aromatic carbocycles. The number of nitrogens with one attached hydrogen (secondary N) is 1. The van der Waals surface area contributed by atoms with E-state index < -0.39 is 12.5 Å². The van der Waals surface area contributed by atoms with Crippen LogP contribution in [0.25, 0.3) is 0 Å². The number of aliphatic hydroxyl groups is 1. The van der Waals surface area contributed by atoms with Crippen LogP contribution in [-0.4, -0.2) is 42.9 Å². The van der Waals surface area contributed by atoms with E-state index >= 15 is 0 Å². The highest BCUT2D eigenvalue weighted by Gasteiger charge is 2.50. The molecule has 17 heavy (non-hydrogen) atoms. The third-order valence-electron chi connectivity index (χ3n) is 3.98. The molecule has 1 aliphatic carbocycles. The van der Waals surface area contributed by atoms with Crippen LogP contribution < -0.4 is 5.32 Å². The van der Waals surface area contributed by atoms with Gasteiger partial charge in [-0.3, -0.25) is 0 Å². The van der Waals surface area contributed by atoms with Crippen LogP contribution in [0, 0.1) is 5.41 Å². The number of rotatable bonds is 7. The minimum absolute atomic E-state index is 0.0160. The zero-order chi connectivity index (χ0) is 13.1. The van der Waals surface area contributed by atoms with Crippen molar-refractivity contribution in [2.45, 2.75) is 58.3 Å². The number of hydrogen-bond acceptors (Lipinski definition) is 3. The first-order valence-corrected chi connectivity index (χ1v) is 6.26. The van der Waals surface area contributed by atoms with E-state index in [2.05, 4.69) is 19.2 Å². The van der Waals surface area contributed by atoms with Crippen molar-refractivity contribution in [2.75, 3.05) is 13.2 Å². The summed E-state index contributed by atoms with van der Waals surface area (Å²) in [6.45, 7) is 6.74. The van der Waals surface area contributed by atoms with Gasteiger partial charge in [-0.15, -0.1) is 0 Å². The Morgan fingerprint density at radius 1 is 1.47 bits per heavy atom. The zero-order valence-corrected chi connectivity index (χ0v) is 10.7. The van der Waals surface area contributed by atoms with Crippen LogP contribution in [0.15, 0.2) is 0 Å². The summed E-state index contributed by atoms with van der Waals surface area (Å²) in [7, 11) is 0. The van der Waals surface area contributed by atoms with Gasteiger partial charge in [-0.2, -0.15) is 0 Å². The SMILES string of the molecule is CCOC1CC(NCC(O)C(F)F)C1(C)CC. The Bertz CT molecular complexity index is 241. The Hall–Kier alpha value is -0.260. The summed E-state index contributed by atoms with van der Waals surface area (Å²) >= 11 is 0. The van der Waals surface area contributed by atoms with Gasteiger partial charge >= 0.3 is 0 Å². The molecule has 0 spiro atoms. The van der Waals surface area contributed by atoms with Gasteiger partial charge < -0.3 is 15.2 Å². The predicted octanol–water partition coefficient (Wildman–Crippen LogP) is 1.80. The van der Waals surface area contributed by atoms with E-state index in [1.807, 2.05) is 6.92 Å². The van der Waals surface area contributed by atoms with E-state index in [0.717, 1.165) is 12.8 Å². The number of aliphatic hydroxyl groups excluding tert-OH is 1. The molecule has 0 aliphatic heterocycles. The molecule has 0 heterocycles. The quantitative estimate of drug-likeness (QED) is 0.725. The fourth-order valence-electron chi connectivity index (χ4n) is 2.42. The molecule has 2 N–H and O–H groups in total. The number of ether oxygens (including phenoxy) is 1. The molecular weight excluding hydrogens is 228 g/mol. The van der Waals surface area contributed by atoms with Crippen molar-refractivity contribution in [1.29, 1.82) is 0 Å². The van der Waals surface area contributed by atoms with E-state index in [-0.39, 0.29) is 24.1 Å². The molecular formula is C12H23F2NO2. The Labute approximate surface area is 102 Å². The van der Waals surface area contributed by atoms with Crippen LogP contribution in [0.2, 0.25) is 0 Å². The molecule has 1 rings (SSSR count). The topological polar surface area (TPSA) is 41.5 Å². The molecule has 0 saturated heterocycles. The van der Waals surface area contributed by atoms with E-state index in [9.17, 15) is 8.78 Å². The van der Waals surface area contributed by atoms with Gasteiger partial charge in [0.1, 0.15) is 6.10 Å². The minimum atomic E-state index is -2.68. The van der Waals surface area contributed by atoms with Crippen molar-refractivity contribution in [3.05, 3.63) is 0 Å². The lowest BCUT2D eigenvalue weighted by Crippen LogP contribution is -2.63. The standard InChI is InChI=1S/C12H23F2NO2/c1-4-12(3)9(6-10(12)17-5-2)15-7-8(16)11(13)14/h8-11,15-16H,4-7H2,1-3H3. The van der Waals surface area contributed by atoms with Crippen LogP contribution in [-0.2, 0) is 4.74 Å². The van der Waals surface area contributed by atoms with Crippen LogP contribution >= 0.6 is 0 Å². The second-order valence-electron chi connectivity index (χ2n) is 4.90. The van der Waals surface area contributed by atoms with E-state index in [0.29, 0.717) is 6.61 Å². The second-order valence-corrected chi connectivity index (χ2v) is 4.90. The summed E-state index contributed by atoms with van der Waals surface area (Å²) in [6.07, 6.45) is -2.31. The van der Waals surface area contributed by atoms with Crippen LogP contribution in [0.4, 0.5) is 8.78 Å². The van der Waals surface area contributed by atoms with Gasteiger partial charge in [-0.05, 0) is 19.8 Å². The van der Waals surface area contributed by atoms with Gasteiger partial charge in [0.25, 0.3) is 6.43 Å². The Morgan fingerprint density at radius 3 is 2.59 bits per heavy atom. The van der Waals surface area contributed by atoms with Gasteiger partial charge in [-0.1, -0.05) is 13.8 Å². The molecule has 0 aromatic heterocycles. The fourth-order valence-corrected chi connectivity index (χ4v) is 2.42. The summed E-state index contributed by atoms with van der Waals surface area (Å²) in [4.78, 5) is 0. The highest BCUT2D eigenvalue weighted by molar-refractivity contribution is 5.04. The van der Waals surface area contributed by atoms with Crippen molar-refractivity contribution >= 4 is 0 Å². The van der Waals surface area contributed by atoms with Crippen LogP contribution in [0.5, 0.6) is 0 Å². The predicted molar refractivity (Wildman–Crippen MR) is 62.2 cm³/mol. The van der Waals surface area contributed by atoms with Crippen molar-refractivity contribution in [2.24, 2.45) is 5.41 Å². The average Bonchev–Trinajstić information content (AvgIpc) is 2.30. The molecule has 1 saturated carbocycles. The monoisotopic (exact) mass is 251 g/mol. The number of halogens is 2. The highest BCUT2D eigenvalue weighted by atomic mass is 19.3. The second kappa shape index (κ2) is 6.07. The van der Waals surface area contributed by atoms with Crippen molar-refractivity contribution in [3.63, 3.8) is 0 Å². The van der Waals surface area contributed by atoms with Gasteiger partial charge in [0.15, 0.2) is 0 Å². The third-order valence-corrected chi connectivity index (χ3v) is 3.98. The minimum Gasteiger partial charge on any atom is -0.386 e. The Balaban J connectivity index is 2.41. The van der Waals surface area contributed by atoms with Crippen LogP contribution in [0.3, 0.4) is 0 Å². The molecule has 0 aromatic rings. The first kappa shape index (κ1) is 14.8. The molecule has 1 aliphatic rings. The summed E-state index contributed by atoms with van der Waals surface area (Å²) < 4.78 is 29.9. The Morgan fingerprint density at radius 2 is 2.12 bits per heavy atom. The first-order chi connectivity index (χ1) is 7.95. The summed E-state index contributed by atoms with van der Waals surface area (Å²) in [5.74, 6) is 0. The summed E-state index contributed by atoms with van der Waals surface area (Å²) in [5, 5.41) is 12.1. The summed E-state index contributed by atoms with van der Waals surface area (Å²) in [5.41, 5.74) is -0.0160. The van der Waals surface area contributed by atoms with E-state index in [4.69, 9.17) is 9.84 Å². The number of alkyl halides is 2. The molecule has 5 heteroatoms. The van der Waals surface area contributed by atoms with Crippen molar-refractivity contribution in [1.82, 2.24) is 5.32 Å². The maximum Gasteiger partial charge on any atom is 0.265 e. The smallest absolute Gasteiger partial charge is 0.265 e. The van der Waals surface area contributed by atoms with Crippen molar-refractivity contribution < 1.29 is 18.6 Å². The molecule has 4 unspecified atom stereocenters. The van der Waals surface area contributed by atoms with Gasteiger partial charge in [0.05, 0.1) is 6.10 Å². The molecule has 0 bridgehead atoms. The molecule has 0 radical (unpaired) electrons. The third kappa shape index (κ3) is 3.14. The molecule has 1 fully saturated rings. The fraction of sp³-hybridized carbons (Fsp3) is 1.00. The lowest BCUT2D eigenvalue weighted by Gasteiger charge is -2.54. The zero-order valence-electron chi connectivity index (χ0n) is 10.7. The normalized spacial score (nSPS) is 34.8. The maximum absolute atomic E-state index is 12.2. The molecule has 102 valence electrons. The lowest BCUT2D eigenvalue weighted by molar-refractivity contribution is -0.128. The molecule has 3 nitrogen and oxygen atoms in total. The summed E-state index contributed by atoms with van der Waals surface area (Å²) in [6, 6.07) is 0.150. The maximum atomic E-state index is 12.2. The largest absolute Gasteiger partial charge is 0.386 e. The highest BCUT2D eigenvalue weighted by Crippen LogP contribution is 2.45. The number of hydrogen-bond donors (Lipinski definition) is 2. The molecule has 0 amide bonds. The average molecular weight is 251 g/mol. The lowest BCUT2D eigenvalue weighted by atomic mass is 9.61. The van der Waals surface area contributed by atoms with Gasteiger partial charge in [0, 0.05) is 24.6 Å². The first-order valence-electron chi connectivity index (χ1n) is 6.26. The molecule has 4 atom stereocenters. The Kier molecular flexibility index (Phi) is 5.28. The van der Waals surface area contributed by atoms with Gasteiger partial charge in [-0.25, -0.2) is 8.78 Å².